The summed E-state index contributed by atoms with van der Waals surface area (Å²) in [7, 11) is 0. The Morgan fingerprint density at radius 1 is 0.893 bits per heavy atom. The second-order valence-electron chi connectivity index (χ2n) is 8.22. The van der Waals surface area contributed by atoms with Gasteiger partial charge < -0.3 is 10.2 Å². The second kappa shape index (κ2) is 10.1. The molecule has 28 heavy (non-hydrogen) atoms. The summed E-state index contributed by atoms with van der Waals surface area (Å²) in [6.07, 6.45) is 1.80. The molecule has 1 N–H and O–H groups in total. The van der Waals surface area contributed by atoms with Crippen molar-refractivity contribution in [2.75, 3.05) is 6.54 Å². The Labute approximate surface area is 169 Å². The molecule has 2 rings (SSSR count). The van der Waals surface area contributed by atoms with Crippen molar-refractivity contribution < 1.29 is 9.59 Å². The topological polar surface area (TPSA) is 49.4 Å². The van der Waals surface area contributed by atoms with Crippen LogP contribution in [0.15, 0.2) is 60.7 Å². The van der Waals surface area contributed by atoms with E-state index in [1.54, 1.807) is 4.90 Å². The van der Waals surface area contributed by atoms with Gasteiger partial charge in [-0.3, -0.25) is 9.59 Å². The molecule has 4 heteroatoms. The molecule has 2 amide bonds. The highest BCUT2D eigenvalue weighted by atomic mass is 16.2. The molecule has 0 fully saturated rings. The van der Waals surface area contributed by atoms with Crippen LogP contribution in [-0.4, -0.2) is 34.8 Å². The molecular formula is C24H32N2O2. The summed E-state index contributed by atoms with van der Waals surface area (Å²) in [6, 6.07) is 19.5. The lowest BCUT2D eigenvalue weighted by atomic mass is 10.1. The van der Waals surface area contributed by atoms with Crippen molar-refractivity contribution in [3.05, 3.63) is 71.8 Å². The molecule has 0 saturated carbocycles. The van der Waals surface area contributed by atoms with Gasteiger partial charge in [0.25, 0.3) is 0 Å². The monoisotopic (exact) mass is 380 g/mol. The summed E-state index contributed by atoms with van der Waals surface area (Å²) in [6.45, 7) is 8.18. The van der Waals surface area contributed by atoms with Crippen molar-refractivity contribution in [2.45, 2.75) is 58.5 Å². The molecule has 0 aliphatic heterocycles. The molecule has 0 aliphatic carbocycles. The van der Waals surface area contributed by atoms with Gasteiger partial charge in [0.1, 0.15) is 6.04 Å². The van der Waals surface area contributed by atoms with Gasteiger partial charge in [-0.25, -0.2) is 0 Å². The van der Waals surface area contributed by atoms with Gasteiger partial charge in [0.15, 0.2) is 0 Å². The Kier molecular flexibility index (Phi) is 7.80. The largest absolute Gasteiger partial charge is 0.350 e. The standard InChI is InChI=1S/C24H32N2O2/c1-19(23(28)25-24(2,3)4)26(18-17-21-13-9-6-10-14-21)22(27)16-15-20-11-7-5-8-12-20/h5-14,19H,15-18H2,1-4H3,(H,25,28)/t19-/m1/s1. The molecule has 0 bridgehead atoms. The van der Waals surface area contributed by atoms with E-state index in [4.69, 9.17) is 0 Å². The molecule has 0 radical (unpaired) electrons. The van der Waals surface area contributed by atoms with Crippen molar-refractivity contribution >= 4 is 11.8 Å². The lowest BCUT2D eigenvalue weighted by Crippen LogP contribution is -2.53. The normalized spacial score (nSPS) is 12.3. The Balaban J connectivity index is 2.07. The summed E-state index contributed by atoms with van der Waals surface area (Å²) >= 11 is 0. The fourth-order valence-electron chi connectivity index (χ4n) is 3.08. The summed E-state index contributed by atoms with van der Waals surface area (Å²) in [5, 5.41) is 2.99. The van der Waals surface area contributed by atoms with Crippen LogP contribution in [0.4, 0.5) is 0 Å². The molecule has 0 aliphatic rings. The molecule has 0 saturated heterocycles. The van der Waals surface area contributed by atoms with Crippen LogP contribution >= 0.6 is 0 Å². The molecular weight excluding hydrogens is 348 g/mol. The number of amides is 2. The molecule has 4 nitrogen and oxygen atoms in total. The number of hydrogen-bond donors (Lipinski definition) is 1. The maximum Gasteiger partial charge on any atom is 0.242 e. The van der Waals surface area contributed by atoms with Gasteiger partial charge >= 0.3 is 0 Å². The number of hydrogen-bond acceptors (Lipinski definition) is 2. The van der Waals surface area contributed by atoms with Crippen LogP contribution in [0, 0.1) is 0 Å². The molecule has 0 aromatic heterocycles. The van der Waals surface area contributed by atoms with Crippen LogP contribution in [0.2, 0.25) is 0 Å². The average molecular weight is 381 g/mol. The first-order valence-electron chi connectivity index (χ1n) is 9.95. The number of carbonyl (C=O) groups is 2. The number of benzene rings is 2. The van der Waals surface area contributed by atoms with E-state index in [0.29, 0.717) is 19.4 Å². The van der Waals surface area contributed by atoms with E-state index >= 15 is 0 Å². The maximum atomic E-state index is 13.0. The first kappa shape index (κ1) is 21.7. The summed E-state index contributed by atoms with van der Waals surface area (Å²) in [5.41, 5.74) is 1.96. The predicted octanol–water partition coefficient (Wildman–Crippen LogP) is 3.99. The minimum atomic E-state index is -0.508. The minimum Gasteiger partial charge on any atom is -0.350 e. The van der Waals surface area contributed by atoms with Crippen molar-refractivity contribution in [3.8, 4) is 0 Å². The molecule has 0 heterocycles. The second-order valence-corrected chi connectivity index (χ2v) is 8.22. The van der Waals surface area contributed by atoms with E-state index in [1.165, 1.54) is 0 Å². The lowest BCUT2D eigenvalue weighted by molar-refractivity contribution is -0.140. The Morgan fingerprint density at radius 3 is 1.89 bits per heavy atom. The average Bonchev–Trinajstić information content (AvgIpc) is 2.66. The Hall–Kier alpha value is -2.62. The third-order valence-corrected chi connectivity index (χ3v) is 4.62. The molecule has 1 atom stereocenters. The fraction of sp³-hybridized carbons (Fsp3) is 0.417. The van der Waals surface area contributed by atoms with Gasteiger partial charge in [0.05, 0.1) is 0 Å². The number of rotatable bonds is 8. The van der Waals surface area contributed by atoms with E-state index in [2.05, 4.69) is 5.32 Å². The van der Waals surface area contributed by atoms with Gasteiger partial charge in [0.2, 0.25) is 11.8 Å². The van der Waals surface area contributed by atoms with Gasteiger partial charge in [-0.1, -0.05) is 60.7 Å². The first-order chi connectivity index (χ1) is 13.3. The highest BCUT2D eigenvalue weighted by Crippen LogP contribution is 2.11. The van der Waals surface area contributed by atoms with Crippen molar-refractivity contribution in [1.82, 2.24) is 10.2 Å². The summed E-state index contributed by atoms with van der Waals surface area (Å²) in [5.74, 6) is -0.107. The molecule has 2 aromatic carbocycles. The number of nitrogens with zero attached hydrogens (tertiary/aromatic N) is 1. The van der Waals surface area contributed by atoms with Crippen LogP contribution in [0.1, 0.15) is 45.2 Å². The van der Waals surface area contributed by atoms with Gasteiger partial charge in [-0.05, 0) is 51.7 Å². The zero-order valence-corrected chi connectivity index (χ0v) is 17.4. The SMILES string of the molecule is C[C@H](C(=O)NC(C)(C)C)N(CCc1ccccc1)C(=O)CCc1ccccc1. The fourth-order valence-corrected chi connectivity index (χ4v) is 3.08. The molecule has 0 unspecified atom stereocenters. The highest BCUT2D eigenvalue weighted by molar-refractivity contribution is 5.87. The zero-order valence-electron chi connectivity index (χ0n) is 17.4. The van der Waals surface area contributed by atoms with Crippen LogP contribution < -0.4 is 5.32 Å². The van der Waals surface area contributed by atoms with E-state index < -0.39 is 6.04 Å². The van der Waals surface area contributed by atoms with Crippen molar-refractivity contribution in [1.29, 1.82) is 0 Å². The predicted molar refractivity (Wildman–Crippen MR) is 114 cm³/mol. The zero-order chi connectivity index (χ0) is 20.6. The van der Waals surface area contributed by atoms with Gasteiger partial charge in [-0.2, -0.15) is 0 Å². The van der Waals surface area contributed by atoms with Crippen LogP contribution in [0.3, 0.4) is 0 Å². The van der Waals surface area contributed by atoms with Crippen molar-refractivity contribution in [2.24, 2.45) is 0 Å². The number of nitrogens with one attached hydrogen (secondary N) is 1. The van der Waals surface area contributed by atoms with Crippen LogP contribution in [0.5, 0.6) is 0 Å². The molecule has 0 spiro atoms. The maximum absolute atomic E-state index is 13.0. The van der Waals surface area contributed by atoms with Crippen molar-refractivity contribution in [3.63, 3.8) is 0 Å². The summed E-state index contributed by atoms with van der Waals surface area (Å²) in [4.78, 5) is 27.4. The molecule has 150 valence electrons. The van der Waals surface area contributed by atoms with Gasteiger partial charge in [-0.15, -0.1) is 0 Å². The third-order valence-electron chi connectivity index (χ3n) is 4.62. The van der Waals surface area contributed by atoms with Crippen LogP contribution in [0.25, 0.3) is 0 Å². The molecule has 2 aromatic rings. The number of aryl methyl sites for hydroxylation is 1. The van der Waals surface area contributed by atoms with Gasteiger partial charge in [0, 0.05) is 18.5 Å². The summed E-state index contributed by atoms with van der Waals surface area (Å²) < 4.78 is 0. The smallest absolute Gasteiger partial charge is 0.242 e. The van der Waals surface area contributed by atoms with E-state index in [1.807, 2.05) is 88.4 Å². The van der Waals surface area contributed by atoms with Crippen LogP contribution in [-0.2, 0) is 22.4 Å². The first-order valence-corrected chi connectivity index (χ1v) is 9.95. The Bertz CT molecular complexity index is 751. The van der Waals surface area contributed by atoms with E-state index in [0.717, 1.165) is 17.5 Å². The number of carbonyl (C=O) groups excluding carboxylic acids is 2. The lowest BCUT2D eigenvalue weighted by Gasteiger charge is -2.31. The van der Waals surface area contributed by atoms with E-state index in [9.17, 15) is 9.59 Å². The Morgan fingerprint density at radius 2 is 1.39 bits per heavy atom. The minimum absolute atomic E-state index is 0.0105. The third kappa shape index (κ3) is 7.18. The quantitative estimate of drug-likeness (QED) is 0.753. The van der Waals surface area contributed by atoms with E-state index in [-0.39, 0.29) is 17.4 Å². The highest BCUT2D eigenvalue weighted by Gasteiger charge is 2.27.